The molecule has 1 aromatic carbocycles. The average Bonchev–Trinajstić information content (AvgIpc) is 2.38. The third kappa shape index (κ3) is 3.73. The van der Waals surface area contributed by atoms with Crippen molar-refractivity contribution in [2.45, 2.75) is 32.3 Å². The first-order chi connectivity index (χ1) is 9.38. The standard InChI is InChI=1S/C15H20BrNO3/c1-15(2,11-3-5-17-6-4-11)20-14(19)10-7-12(16)9-13(18)8-10/h7-9,11,17-18H,3-6H2,1-2H3. The molecule has 20 heavy (non-hydrogen) atoms. The summed E-state index contributed by atoms with van der Waals surface area (Å²) in [6.07, 6.45) is 2.01. The first-order valence-corrected chi connectivity index (χ1v) is 7.61. The number of benzene rings is 1. The van der Waals surface area contributed by atoms with E-state index in [0.29, 0.717) is 16.0 Å². The summed E-state index contributed by atoms with van der Waals surface area (Å²) in [7, 11) is 0. The van der Waals surface area contributed by atoms with Crippen LogP contribution in [0.4, 0.5) is 0 Å². The Hall–Kier alpha value is -1.07. The highest BCUT2D eigenvalue weighted by molar-refractivity contribution is 9.10. The molecule has 0 atom stereocenters. The lowest BCUT2D eigenvalue weighted by molar-refractivity contribution is -0.0368. The molecule has 1 aromatic rings. The summed E-state index contributed by atoms with van der Waals surface area (Å²) in [4.78, 5) is 12.2. The van der Waals surface area contributed by atoms with Crippen molar-refractivity contribution in [2.75, 3.05) is 13.1 Å². The quantitative estimate of drug-likeness (QED) is 0.829. The number of hydrogen-bond donors (Lipinski definition) is 2. The first-order valence-electron chi connectivity index (χ1n) is 6.82. The monoisotopic (exact) mass is 341 g/mol. The molecule has 5 heteroatoms. The van der Waals surface area contributed by atoms with Crippen molar-refractivity contribution in [1.29, 1.82) is 0 Å². The molecule has 0 spiro atoms. The number of phenols is 1. The van der Waals surface area contributed by atoms with Crippen molar-refractivity contribution in [3.05, 3.63) is 28.2 Å². The van der Waals surface area contributed by atoms with E-state index < -0.39 is 11.6 Å². The zero-order valence-electron chi connectivity index (χ0n) is 11.8. The van der Waals surface area contributed by atoms with Crippen LogP contribution in [0.15, 0.2) is 22.7 Å². The van der Waals surface area contributed by atoms with Gasteiger partial charge < -0.3 is 15.2 Å². The fraction of sp³-hybridized carbons (Fsp3) is 0.533. The highest BCUT2D eigenvalue weighted by Crippen LogP contribution is 2.30. The van der Waals surface area contributed by atoms with Crippen molar-refractivity contribution >= 4 is 21.9 Å². The first kappa shape index (κ1) is 15.3. The van der Waals surface area contributed by atoms with E-state index in [9.17, 15) is 9.90 Å². The second-order valence-electron chi connectivity index (χ2n) is 5.72. The summed E-state index contributed by atoms with van der Waals surface area (Å²) in [5, 5.41) is 12.9. The summed E-state index contributed by atoms with van der Waals surface area (Å²) < 4.78 is 6.33. The van der Waals surface area contributed by atoms with Crippen LogP contribution in [-0.4, -0.2) is 29.8 Å². The zero-order chi connectivity index (χ0) is 14.8. The van der Waals surface area contributed by atoms with Crippen LogP contribution in [0.1, 0.15) is 37.0 Å². The fourth-order valence-electron chi connectivity index (χ4n) is 2.59. The van der Waals surface area contributed by atoms with E-state index in [1.807, 2.05) is 13.8 Å². The maximum atomic E-state index is 12.2. The van der Waals surface area contributed by atoms with Crippen LogP contribution in [-0.2, 0) is 4.74 Å². The lowest BCUT2D eigenvalue weighted by Gasteiger charge is -2.36. The van der Waals surface area contributed by atoms with E-state index in [1.165, 1.54) is 12.1 Å². The van der Waals surface area contributed by atoms with Crippen LogP contribution in [0.5, 0.6) is 5.75 Å². The molecule has 2 rings (SSSR count). The van der Waals surface area contributed by atoms with Crippen molar-refractivity contribution in [3.8, 4) is 5.75 Å². The highest BCUT2D eigenvalue weighted by atomic mass is 79.9. The average molecular weight is 342 g/mol. The van der Waals surface area contributed by atoms with Gasteiger partial charge in [-0.15, -0.1) is 0 Å². The number of piperidine rings is 1. The molecule has 0 aromatic heterocycles. The number of esters is 1. The molecular formula is C15H20BrNO3. The lowest BCUT2D eigenvalue weighted by atomic mass is 9.83. The zero-order valence-corrected chi connectivity index (χ0v) is 13.4. The molecule has 2 N–H and O–H groups in total. The molecule has 0 amide bonds. The summed E-state index contributed by atoms with van der Waals surface area (Å²) in [5.74, 6) is 0.00424. The van der Waals surface area contributed by atoms with Gasteiger partial charge in [-0.05, 0) is 58.0 Å². The lowest BCUT2D eigenvalue weighted by Crippen LogP contribution is -2.42. The minimum Gasteiger partial charge on any atom is -0.508 e. The van der Waals surface area contributed by atoms with Gasteiger partial charge in [-0.3, -0.25) is 0 Å². The smallest absolute Gasteiger partial charge is 0.338 e. The topological polar surface area (TPSA) is 58.6 Å². The molecule has 1 aliphatic heterocycles. The van der Waals surface area contributed by atoms with E-state index in [0.717, 1.165) is 25.9 Å². The molecule has 1 saturated heterocycles. The summed E-state index contributed by atoms with van der Waals surface area (Å²) in [6.45, 7) is 5.84. The van der Waals surface area contributed by atoms with Crippen LogP contribution >= 0.6 is 15.9 Å². The maximum Gasteiger partial charge on any atom is 0.338 e. The number of carbonyl (C=O) groups excluding carboxylic acids is 1. The van der Waals surface area contributed by atoms with E-state index in [2.05, 4.69) is 21.2 Å². The van der Waals surface area contributed by atoms with Gasteiger partial charge in [0.05, 0.1) is 5.56 Å². The Morgan fingerprint density at radius 1 is 1.35 bits per heavy atom. The largest absolute Gasteiger partial charge is 0.508 e. The summed E-state index contributed by atoms with van der Waals surface area (Å²) in [5.41, 5.74) is -0.143. The van der Waals surface area contributed by atoms with Crippen LogP contribution in [0.25, 0.3) is 0 Å². The Labute approximate surface area is 127 Å². The Morgan fingerprint density at radius 2 is 2.00 bits per heavy atom. The molecule has 4 nitrogen and oxygen atoms in total. The van der Waals surface area contributed by atoms with Gasteiger partial charge in [0.15, 0.2) is 0 Å². The van der Waals surface area contributed by atoms with Crippen LogP contribution < -0.4 is 5.32 Å². The van der Waals surface area contributed by atoms with Gasteiger partial charge >= 0.3 is 5.97 Å². The van der Waals surface area contributed by atoms with Gasteiger partial charge in [-0.1, -0.05) is 15.9 Å². The molecule has 1 fully saturated rings. The second kappa shape index (κ2) is 6.14. The molecule has 0 bridgehead atoms. The van der Waals surface area contributed by atoms with Crippen LogP contribution in [0, 0.1) is 5.92 Å². The van der Waals surface area contributed by atoms with Crippen molar-refractivity contribution in [1.82, 2.24) is 5.32 Å². The normalized spacial score (nSPS) is 16.9. The molecule has 1 aliphatic rings. The predicted molar refractivity (Wildman–Crippen MR) is 80.9 cm³/mol. The van der Waals surface area contributed by atoms with Crippen molar-refractivity contribution < 1.29 is 14.6 Å². The highest BCUT2D eigenvalue weighted by Gasteiger charge is 2.34. The maximum absolute atomic E-state index is 12.2. The fourth-order valence-corrected chi connectivity index (χ4v) is 3.07. The van der Waals surface area contributed by atoms with Gasteiger partial charge in [-0.25, -0.2) is 4.79 Å². The van der Waals surface area contributed by atoms with Gasteiger partial charge in [0.1, 0.15) is 11.4 Å². The molecular weight excluding hydrogens is 322 g/mol. The van der Waals surface area contributed by atoms with E-state index in [-0.39, 0.29) is 5.75 Å². The van der Waals surface area contributed by atoms with Gasteiger partial charge in [0, 0.05) is 10.4 Å². The van der Waals surface area contributed by atoms with Gasteiger partial charge in [0.25, 0.3) is 0 Å². The number of nitrogens with one attached hydrogen (secondary N) is 1. The van der Waals surface area contributed by atoms with Crippen molar-refractivity contribution in [2.24, 2.45) is 5.92 Å². The summed E-state index contributed by atoms with van der Waals surface area (Å²) >= 11 is 3.26. The Bertz CT molecular complexity index is 476. The molecule has 0 unspecified atom stereocenters. The van der Waals surface area contributed by atoms with Crippen LogP contribution in [0.2, 0.25) is 0 Å². The minimum atomic E-state index is -0.503. The SMILES string of the molecule is CC(C)(OC(=O)c1cc(O)cc(Br)c1)C1CCNCC1. The molecule has 0 saturated carbocycles. The van der Waals surface area contributed by atoms with E-state index in [4.69, 9.17) is 4.74 Å². The predicted octanol–water partition coefficient (Wildman–Crippen LogP) is 3.09. The van der Waals surface area contributed by atoms with Crippen molar-refractivity contribution in [3.63, 3.8) is 0 Å². The molecule has 0 aliphatic carbocycles. The number of halogens is 1. The Kier molecular flexibility index (Phi) is 4.70. The Balaban J connectivity index is 2.09. The second-order valence-corrected chi connectivity index (χ2v) is 6.63. The Morgan fingerprint density at radius 3 is 2.60 bits per heavy atom. The molecule has 0 radical (unpaired) electrons. The number of phenolic OH excluding ortho intramolecular Hbond substituents is 1. The molecule has 110 valence electrons. The number of aromatic hydroxyl groups is 1. The van der Waals surface area contributed by atoms with E-state index >= 15 is 0 Å². The molecule has 1 heterocycles. The minimum absolute atomic E-state index is 0.0472. The van der Waals surface area contributed by atoms with E-state index in [1.54, 1.807) is 6.07 Å². The number of hydrogen-bond acceptors (Lipinski definition) is 4. The summed E-state index contributed by atoms with van der Waals surface area (Å²) in [6, 6.07) is 4.61. The third-order valence-corrected chi connectivity index (χ3v) is 4.25. The van der Waals surface area contributed by atoms with Gasteiger partial charge in [0.2, 0.25) is 0 Å². The number of ether oxygens (including phenoxy) is 1. The van der Waals surface area contributed by atoms with Gasteiger partial charge in [-0.2, -0.15) is 0 Å². The number of carbonyl (C=O) groups is 1. The number of rotatable bonds is 3. The van der Waals surface area contributed by atoms with Crippen LogP contribution in [0.3, 0.4) is 0 Å². The third-order valence-electron chi connectivity index (χ3n) is 3.80.